The second kappa shape index (κ2) is 8.39. The van der Waals surface area contributed by atoms with Gasteiger partial charge in [-0.25, -0.2) is 9.59 Å². The van der Waals surface area contributed by atoms with Crippen LogP contribution in [0.4, 0.5) is 4.79 Å². The molecule has 3 rings (SSSR count). The summed E-state index contributed by atoms with van der Waals surface area (Å²) in [6.45, 7) is 4.13. The van der Waals surface area contributed by atoms with Gasteiger partial charge in [-0.1, -0.05) is 30.3 Å². The number of ether oxygens (including phenoxy) is 1. The number of rotatable bonds is 6. The topological polar surface area (TPSA) is 58.6 Å². The molecule has 1 N–H and O–H groups in total. The van der Waals surface area contributed by atoms with E-state index in [-0.39, 0.29) is 12.0 Å². The van der Waals surface area contributed by atoms with Gasteiger partial charge in [0.2, 0.25) is 0 Å². The van der Waals surface area contributed by atoms with Crippen LogP contribution < -0.4 is 5.32 Å². The lowest BCUT2D eigenvalue weighted by molar-refractivity contribution is -0.139. The Morgan fingerprint density at radius 2 is 1.93 bits per heavy atom. The van der Waals surface area contributed by atoms with E-state index in [1.165, 1.54) is 10.5 Å². The van der Waals surface area contributed by atoms with Crippen molar-refractivity contribution in [3.63, 3.8) is 0 Å². The molecule has 2 heterocycles. The Morgan fingerprint density at radius 1 is 1.19 bits per heavy atom. The Morgan fingerprint density at radius 3 is 2.59 bits per heavy atom. The van der Waals surface area contributed by atoms with Crippen LogP contribution in [0.5, 0.6) is 0 Å². The van der Waals surface area contributed by atoms with Crippen molar-refractivity contribution in [3.8, 4) is 0 Å². The number of nitrogens with one attached hydrogen (secondary N) is 1. The summed E-state index contributed by atoms with van der Waals surface area (Å²) < 4.78 is 5.55. The van der Waals surface area contributed by atoms with Gasteiger partial charge in [0.05, 0.1) is 18.2 Å². The van der Waals surface area contributed by atoms with Gasteiger partial charge in [0.1, 0.15) is 0 Å². The highest BCUT2D eigenvalue weighted by molar-refractivity contribution is 7.12. The number of urea groups is 1. The minimum absolute atomic E-state index is 0.218. The molecule has 2 amide bonds. The highest BCUT2D eigenvalue weighted by Crippen LogP contribution is 2.34. The molecule has 0 radical (unpaired) electrons. The second-order valence-corrected chi connectivity index (χ2v) is 7.93. The number of hydrogen-bond donors (Lipinski definition) is 1. The van der Waals surface area contributed by atoms with Gasteiger partial charge in [0.15, 0.2) is 0 Å². The number of allylic oxidation sites excluding steroid dienone is 1. The molecule has 1 aliphatic heterocycles. The molecule has 0 spiro atoms. The average molecular weight is 385 g/mol. The smallest absolute Gasteiger partial charge is 0.338 e. The van der Waals surface area contributed by atoms with Crippen LogP contribution in [0.1, 0.15) is 34.7 Å². The quantitative estimate of drug-likeness (QED) is 0.600. The maximum Gasteiger partial charge on any atom is 0.338 e. The first kappa shape index (κ1) is 19.2. The number of thiophene rings is 1. The molecule has 6 heteroatoms. The van der Waals surface area contributed by atoms with E-state index in [9.17, 15) is 9.59 Å². The first-order chi connectivity index (χ1) is 13.0. The Kier molecular flexibility index (Phi) is 5.96. The van der Waals surface area contributed by atoms with Gasteiger partial charge < -0.3 is 15.0 Å². The normalized spacial score (nSPS) is 17.1. The Labute approximate surface area is 163 Å². The van der Waals surface area contributed by atoms with Gasteiger partial charge in [-0.2, -0.15) is 0 Å². The summed E-state index contributed by atoms with van der Waals surface area (Å²) in [7, 11) is 1.66. The molecule has 0 aliphatic carbocycles. The van der Waals surface area contributed by atoms with Crippen LogP contribution in [-0.2, 0) is 16.0 Å². The molecule has 0 fully saturated rings. The van der Waals surface area contributed by atoms with Gasteiger partial charge in [0, 0.05) is 22.5 Å². The third-order valence-electron chi connectivity index (χ3n) is 4.71. The fourth-order valence-corrected chi connectivity index (χ4v) is 4.02. The van der Waals surface area contributed by atoms with Crippen molar-refractivity contribution in [1.82, 2.24) is 10.2 Å². The second-order valence-electron chi connectivity index (χ2n) is 6.61. The van der Waals surface area contributed by atoms with E-state index in [1.807, 2.05) is 37.3 Å². The monoisotopic (exact) mass is 384 g/mol. The minimum Gasteiger partial charge on any atom is -0.462 e. The van der Waals surface area contributed by atoms with Crippen LogP contribution in [0, 0.1) is 6.92 Å². The standard InChI is InChI=1S/C21H24N2O3S/c1-14-11-12-17(27-14)19-18(15(2)23(3)21(25)22-19)20(24)26-13-7-10-16-8-5-4-6-9-16/h4-6,8-9,11-12,19H,7,10,13H2,1-3H3,(H,22,25)/t19-/m0/s1. The molecular formula is C21H24N2O3S. The summed E-state index contributed by atoms with van der Waals surface area (Å²) in [5, 5.41) is 2.91. The molecular weight excluding hydrogens is 360 g/mol. The van der Waals surface area contributed by atoms with Crippen LogP contribution in [0.25, 0.3) is 0 Å². The summed E-state index contributed by atoms with van der Waals surface area (Å²) in [6, 6.07) is 13.4. The van der Waals surface area contributed by atoms with Crippen LogP contribution >= 0.6 is 11.3 Å². The van der Waals surface area contributed by atoms with E-state index in [0.717, 1.165) is 22.6 Å². The van der Waals surface area contributed by atoms with Crippen molar-refractivity contribution in [1.29, 1.82) is 0 Å². The Bertz CT molecular complexity index is 857. The van der Waals surface area contributed by atoms with E-state index in [1.54, 1.807) is 25.3 Å². The summed E-state index contributed by atoms with van der Waals surface area (Å²) in [5.41, 5.74) is 2.35. The van der Waals surface area contributed by atoms with Crippen molar-refractivity contribution in [2.75, 3.05) is 13.7 Å². The SMILES string of the molecule is CC1=C(C(=O)OCCCc2ccccc2)[C@H](c2ccc(C)s2)NC(=O)N1C. The molecule has 0 saturated heterocycles. The molecule has 27 heavy (non-hydrogen) atoms. The van der Waals surface area contributed by atoms with E-state index in [0.29, 0.717) is 17.9 Å². The number of amides is 2. The maximum absolute atomic E-state index is 12.8. The molecule has 0 saturated carbocycles. The lowest BCUT2D eigenvalue weighted by Crippen LogP contribution is -2.46. The summed E-state index contributed by atoms with van der Waals surface area (Å²) in [4.78, 5) is 28.5. The largest absolute Gasteiger partial charge is 0.462 e. The lowest BCUT2D eigenvalue weighted by Gasteiger charge is -2.32. The van der Waals surface area contributed by atoms with Crippen molar-refractivity contribution in [3.05, 3.63) is 69.1 Å². The van der Waals surface area contributed by atoms with Crippen molar-refractivity contribution >= 4 is 23.3 Å². The first-order valence-electron chi connectivity index (χ1n) is 8.99. The summed E-state index contributed by atoms with van der Waals surface area (Å²) in [5.74, 6) is -0.372. The number of nitrogens with zero attached hydrogens (tertiary/aromatic N) is 1. The number of aryl methyl sites for hydroxylation is 2. The van der Waals surface area contributed by atoms with Gasteiger partial charge in [-0.15, -0.1) is 11.3 Å². The predicted octanol–water partition coefficient (Wildman–Crippen LogP) is 4.20. The highest BCUT2D eigenvalue weighted by atomic mass is 32.1. The van der Waals surface area contributed by atoms with Gasteiger partial charge in [-0.05, 0) is 44.4 Å². The van der Waals surface area contributed by atoms with E-state index in [4.69, 9.17) is 4.74 Å². The Hall–Kier alpha value is -2.60. The molecule has 5 nitrogen and oxygen atoms in total. The molecule has 142 valence electrons. The van der Waals surface area contributed by atoms with Gasteiger partial charge >= 0.3 is 12.0 Å². The third-order valence-corrected chi connectivity index (χ3v) is 5.77. The third kappa shape index (κ3) is 4.39. The van der Waals surface area contributed by atoms with Crippen LogP contribution in [0.2, 0.25) is 0 Å². The highest BCUT2D eigenvalue weighted by Gasteiger charge is 2.35. The number of esters is 1. The molecule has 2 aromatic rings. The number of carbonyl (C=O) groups excluding carboxylic acids is 2. The predicted molar refractivity (Wildman–Crippen MR) is 107 cm³/mol. The lowest BCUT2D eigenvalue weighted by atomic mass is 10.0. The summed E-state index contributed by atoms with van der Waals surface area (Å²) >= 11 is 1.57. The number of hydrogen-bond acceptors (Lipinski definition) is 4. The van der Waals surface area contributed by atoms with E-state index in [2.05, 4.69) is 17.4 Å². The first-order valence-corrected chi connectivity index (χ1v) is 9.81. The van der Waals surface area contributed by atoms with E-state index < -0.39 is 6.04 Å². The number of carbonyl (C=O) groups is 2. The van der Waals surface area contributed by atoms with Crippen molar-refractivity contribution in [2.24, 2.45) is 0 Å². The Balaban J connectivity index is 1.70. The maximum atomic E-state index is 12.8. The van der Waals surface area contributed by atoms with Crippen LogP contribution in [0.15, 0.2) is 53.7 Å². The van der Waals surface area contributed by atoms with E-state index >= 15 is 0 Å². The zero-order chi connectivity index (χ0) is 19.4. The van der Waals surface area contributed by atoms with Crippen molar-refractivity contribution in [2.45, 2.75) is 32.7 Å². The fourth-order valence-electron chi connectivity index (χ4n) is 3.09. The molecule has 0 unspecified atom stereocenters. The van der Waals surface area contributed by atoms with Crippen molar-refractivity contribution < 1.29 is 14.3 Å². The molecule has 1 aliphatic rings. The van der Waals surface area contributed by atoms with Gasteiger partial charge in [0.25, 0.3) is 0 Å². The summed E-state index contributed by atoms with van der Waals surface area (Å²) in [6.07, 6.45) is 1.61. The average Bonchev–Trinajstić information content (AvgIpc) is 3.10. The zero-order valence-corrected chi connectivity index (χ0v) is 16.6. The zero-order valence-electron chi connectivity index (χ0n) is 15.8. The molecule has 1 aromatic heterocycles. The molecule has 1 atom stereocenters. The fraction of sp³-hybridized carbons (Fsp3) is 0.333. The van der Waals surface area contributed by atoms with Crippen LogP contribution in [-0.4, -0.2) is 30.6 Å². The minimum atomic E-state index is -0.464. The molecule has 0 bridgehead atoms. The van der Waals surface area contributed by atoms with Crippen LogP contribution in [0.3, 0.4) is 0 Å². The molecule has 1 aromatic carbocycles. The van der Waals surface area contributed by atoms with Gasteiger partial charge in [-0.3, -0.25) is 0 Å². The number of benzene rings is 1.